The Morgan fingerprint density at radius 2 is 1.86 bits per heavy atom. The number of halogens is 1. The van der Waals surface area contributed by atoms with Crippen LogP contribution in [0.1, 0.15) is 40.3 Å². The van der Waals surface area contributed by atoms with E-state index in [4.69, 9.17) is 23.8 Å². The molecular formula is C22H23ClN4S. The van der Waals surface area contributed by atoms with Gasteiger partial charge in [0.15, 0.2) is 5.11 Å². The number of likely N-dealkylation sites (N-methyl/N-ethyl adjacent to an activating group) is 1. The van der Waals surface area contributed by atoms with Gasteiger partial charge in [0.2, 0.25) is 0 Å². The van der Waals surface area contributed by atoms with Crippen LogP contribution in [0.4, 0.5) is 0 Å². The average molecular weight is 411 g/mol. The zero-order valence-corrected chi connectivity index (χ0v) is 18.0. The topological polar surface area (TPSA) is 33.1 Å². The minimum atomic E-state index is 0.00529. The summed E-state index contributed by atoms with van der Waals surface area (Å²) < 4.78 is 2.28. The SMILES string of the molecule is Cc1c(C2C(c3ccccn3)NC(=S)N2C)c(C)n(-c2cccc(Cl)c2)c1C. The van der Waals surface area contributed by atoms with Gasteiger partial charge in [0.25, 0.3) is 0 Å². The van der Waals surface area contributed by atoms with Crippen molar-refractivity contribution in [2.24, 2.45) is 0 Å². The molecule has 3 aromatic rings. The largest absolute Gasteiger partial charge is 0.352 e. The summed E-state index contributed by atoms with van der Waals surface area (Å²) in [7, 11) is 2.05. The van der Waals surface area contributed by atoms with Crippen LogP contribution in [0.2, 0.25) is 5.02 Å². The van der Waals surface area contributed by atoms with E-state index in [1.807, 2.05) is 43.6 Å². The molecule has 2 aromatic heterocycles. The molecular weight excluding hydrogens is 388 g/mol. The van der Waals surface area contributed by atoms with Crippen LogP contribution in [0.25, 0.3) is 5.69 Å². The van der Waals surface area contributed by atoms with Crippen molar-refractivity contribution in [3.8, 4) is 5.69 Å². The number of benzene rings is 1. The van der Waals surface area contributed by atoms with Gasteiger partial charge < -0.3 is 14.8 Å². The van der Waals surface area contributed by atoms with Crippen molar-refractivity contribution < 1.29 is 0 Å². The number of aromatic nitrogens is 2. The molecule has 144 valence electrons. The summed E-state index contributed by atoms with van der Waals surface area (Å²) in [6.45, 7) is 6.51. The van der Waals surface area contributed by atoms with E-state index in [0.29, 0.717) is 0 Å². The maximum absolute atomic E-state index is 6.26. The first kappa shape index (κ1) is 19.0. The van der Waals surface area contributed by atoms with E-state index >= 15 is 0 Å². The van der Waals surface area contributed by atoms with Crippen LogP contribution in [-0.4, -0.2) is 26.6 Å². The fourth-order valence-electron chi connectivity index (χ4n) is 4.26. The summed E-state index contributed by atoms with van der Waals surface area (Å²) in [5, 5.41) is 4.94. The van der Waals surface area contributed by atoms with Gasteiger partial charge in [-0.25, -0.2) is 0 Å². The number of rotatable bonds is 3. The lowest BCUT2D eigenvalue weighted by Gasteiger charge is -2.25. The molecule has 2 atom stereocenters. The molecule has 6 heteroatoms. The first-order chi connectivity index (χ1) is 13.4. The predicted molar refractivity (Wildman–Crippen MR) is 118 cm³/mol. The maximum atomic E-state index is 6.26. The normalized spacial score (nSPS) is 19.2. The van der Waals surface area contributed by atoms with Crippen molar-refractivity contribution in [3.63, 3.8) is 0 Å². The first-order valence-corrected chi connectivity index (χ1v) is 10.1. The van der Waals surface area contributed by atoms with Crippen LogP contribution in [0.3, 0.4) is 0 Å². The molecule has 0 spiro atoms. The van der Waals surface area contributed by atoms with E-state index in [1.54, 1.807) is 0 Å². The van der Waals surface area contributed by atoms with Crippen LogP contribution in [0.5, 0.6) is 0 Å². The standard InChI is InChI=1S/C22H23ClN4S/c1-13-14(2)27(17-9-7-8-16(23)12-17)15(3)19(13)21-20(25-22(28)26(21)4)18-10-5-6-11-24-18/h5-12,20-21H,1-4H3,(H,25,28). The molecule has 1 aliphatic heterocycles. The van der Waals surface area contributed by atoms with Crippen molar-refractivity contribution in [2.75, 3.05) is 7.05 Å². The van der Waals surface area contributed by atoms with Crippen LogP contribution in [0, 0.1) is 20.8 Å². The van der Waals surface area contributed by atoms with E-state index in [0.717, 1.165) is 21.5 Å². The highest BCUT2D eigenvalue weighted by molar-refractivity contribution is 7.80. The molecule has 3 heterocycles. The molecule has 4 rings (SSSR count). The summed E-state index contributed by atoms with van der Waals surface area (Å²) >= 11 is 11.9. The van der Waals surface area contributed by atoms with E-state index in [9.17, 15) is 0 Å². The van der Waals surface area contributed by atoms with Gasteiger partial charge >= 0.3 is 0 Å². The smallest absolute Gasteiger partial charge is 0.169 e. The van der Waals surface area contributed by atoms with E-state index in [1.165, 1.54) is 22.5 Å². The van der Waals surface area contributed by atoms with E-state index in [-0.39, 0.29) is 12.1 Å². The van der Waals surface area contributed by atoms with Crippen LogP contribution in [-0.2, 0) is 0 Å². The Balaban J connectivity index is 1.88. The number of hydrogen-bond acceptors (Lipinski definition) is 2. The maximum Gasteiger partial charge on any atom is 0.169 e. The van der Waals surface area contributed by atoms with Crippen LogP contribution < -0.4 is 5.32 Å². The number of hydrogen-bond donors (Lipinski definition) is 1. The summed E-state index contributed by atoms with van der Waals surface area (Å²) in [4.78, 5) is 6.74. The molecule has 1 aromatic carbocycles. The molecule has 0 amide bonds. The zero-order chi connectivity index (χ0) is 20.0. The highest BCUT2D eigenvalue weighted by atomic mass is 35.5. The van der Waals surface area contributed by atoms with E-state index < -0.39 is 0 Å². The number of nitrogens with one attached hydrogen (secondary N) is 1. The Morgan fingerprint density at radius 1 is 1.07 bits per heavy atom. The molecule has 0 radical (unpaired) electrons. The van der Waals surface area contributed by atoms with Crippen LogP contribution >= 0.6 is 23.8 Å². The summed E-state index contributed by atoms with van der Waals surface area (Å²) in [5.74, 6) is 0. The van der Waals surface area contributed by atoms with Crippen molar-refractivity contribution in [2.45, 2.75) is 32.9 Å². The molecule has 0 bridgehead atoms. The average Bonchev–Trinajstić information content (AvgIpc) is 3.09. The lowest BCUT2D eigenvalue weighted by molar-refractivity contribution is 0.366. The Bertz CT molecular complexity index is 1040. The fraction of sp³-hybridized carbons (Fsp3) is 0.273. The molecule has 4 nitrogen and oxygen atoms in total. The third kappa shape index (κ3) is 2.99. The highest BCUT2D eigenvalue weighted by Crippen LogP contribution is 2.42. The third-order valence-electron chi connectivity index (χ3n) is 5.71. The lowest BCUT2D eigenvalue weighted by atomic mass is 9.94. The molecule has 0 saturated carbocycles. The van der Waals surface area contributed by atoms with Gasteiger partial charge in [-0.1, -0.05) is 23.7 Å². The number of nitrogens with zero attached hydrogens (tertiary/aromatic N) is 3. The van der Waals surface area contributed by atoms with Gasteiger partial charge in [0.1, 0.15) is 0 Å². The molecule has 1 saturated heterocycles. The quantitative estimate of drug-likeness (QED) is 0.612. The van der Waals surface area contributed by atoms with Crippen molar-refractivity contribution in [1.29, 1.82) is 0 Å². The molecule has 1 fully saturated rings. The van der Waals surface area contributed by atoms with Crippen molar-refractivity contribution in [3.05, 3.63) is 81.9 Å². The van der Waals surface area contributed by atoms with Gasteiger partial charge in [0.05, 0.1) is 17.8 Å². The Labute approximate surface area is 176 Å². The highest BCUT2D eigenvalue weighted by Gasteiger charge is 2.40. The predicted octanol–water partition coefficient (Wildman–Crippen LogP) is 5.05. The van der Waals surface area contributed by atoms with E-state index in [2.05, 4.69) is 52.7 Å². The minimum absolute atomic E-state index is 0.00529. The van der Waals surface area contributed by atoms with Gasteiger partial charge in [0, 0.05) is 40.9 Å². The van der Waals surface area contributed by atoms with Gasteiger partial charge in [-0.3, -0.25) is 4.98 Å². The molecule has 1 aliphatic rings. The lowest BCUT2D eigenvalue weighted by Crippen LogP contribution is -2.25. The molecule has 28 heavy (non-hydrogen) atoms. The number of pyridine rings is 1. The fourth-order valence-corrected chi connectivity index (χ4v) is 4.69. The second-order valence-electron chi connectivity index (χ2n) is 7.26. The summed E-state index contributed by atoms with van der Waals surface area (Å²) in [5.41, 5.74) is 7.01. The minimum Gasteiger partial charge on any atom is -0.352 e. The third-order valence-corrected chi connectivity index (χ3v) is 6.35. The molecule has 2 unspecified atom stereocenters. The zero-order valence-electron chi connectivity index (χ0n) is 16.4. The molecule has 0 aliphatic carbocycles. The summed E-state index contributed by atoms with van der Waals surface area (Å²) in [6, 6.07) is 14.1. The monoisotopic (exact) mass is 410 g/mol. The first-order valence-electron chi connectivity index (χ1n) is 9.28. The Hall–Kier alpha value is -2.37. The Kier molecular flexibility index (Phi) is 4.89. The second-order valence-corrected chi connectivity index (χ2v) is 8.09. The van der Waals surface area contributed by atoms with Crippen molar-refractivity contribution in [1.82, 2.24) is 19.8 Å². The van der Waals surface area contributed by atoms with Gasteiger partial charge in [-0.05, 0) is 68.9 Å². The van der Waals surface area contributed by atoms with Gasteiger partial charge in [-0.2, -0.15) is 0 Å². The van der Waals surface area contributed by atoms with Gasteiger partial charge in [-0.15, -0.1) is 0 Å². The summed E-state index contributed by atoms with van der Waals surface area (Å²) in [6.07, 6.45) is 1.83. The van der Waals surface area contributed by atoms with Crippen molar-refractivity contribution >= 4 is 28.9 Å². The molecule has 1 N–H and O–H groups in total. The second kappa shape index (κ2) is 7.22. The van der Waals surface area contributed by atoms with Crippen LogP contribution in [0.15, 0.2) is 48.7 Å². The number of thiocarbonyl (C=S) groups is 1. The Morgan fingerprint density at radius 3 is 2.54 bits per heavy atom.